The van der Waals surface area contributed by atoms with Crippen LogP contribution >= 0.6 is 11.6 Å². The van der Waals surface area contributed by atoms with Gasteiger partial charge in [0.05, 0.1) is 24.7 Å². The fourth-order valence-corrected chi connectivity index (χ4v) is 3.96. The Morgan fingerprint density at radius 1 is 0.938 bits per heavy atom. The highest BCUT2D eigenvalue weighted by molar-refractivity contribution is 6.32. The number of hydrogen-bond donors (Lipinski definition) is 1. The van der Waals surface area contributed by atoms with Crippen molar-refractivity contribution in [1.29, 1.82) is 0 Å². The van der Waals surface area contributed by atoms with Crippen molar-refractivity contribution in [3.8, 4) is 5.75 Å². The Morgan fingerprint density at radius 2 is 1.50 bits per heavy atom. The Labute approximate surface area is 193 Å². The van der Waals surface area contributed by atoms with Crippen LogP contribution in [0, 0.1) is 0 Å². The second kappa shape index (κ2) is 10.3. The molecule has 166 valence electrons. The number of carbonyl (C=O) groups excluding carboxylic acids is 2. The van der Waals surface area contributed by atoms with Crippen LogP contribution in [0.5, 0.6) is 5.75 Å². The Kier molecular flexibility index (Phi) is 7.54. The standard InChI is InChI=1S/C26H26ClNO4/c1-26(19-10-6-4-7-11-19,20-12-8-5-9-13-20)25(30)28-22(24(29)32-3)17-18-14-15-23(31-2)21(27)16-18/h4-16,22H,17H2,1-3H3,(H,28,30)/t22-/m0/s1. The summed E-state index contributed by atoms with van der Waals surface area (Å²) in [4.78, 5) is 26.3. The van der Waals surface area contributed by atoms with Gasteiger partial charge in [0.2, 0.25) is 5.91 Å². The van der Waals surface area contributed by atoms with Crippen molar-refractivity contribution < 1.29 is 19.1 Å². The van der Waals surface area contributed by atoms with Crippen molar-refractivity contribution in [1.82, 2.24) is 5.32 Å². The van der Waals surface area contributed by atoms with Crippen molar-refractivity contribution in [3.63, 3.8) is 0 Å². The Balaban J connectivity index is 1.94. The SMILES string of the molecule is COC(=O)[C@H](Cc1ccc(OC)c(Cl)c1)NC(=O)C(C)(c1ccccc1)c1ccccc1. The topological polar surface area (TPSA) is 64.6 Å². The highest BCUT2D eigenvalue weighted by Gasteiger charge is 2.39. The fourth-order valence-electron chi connectivity index (χ4n) is 3.68. The zero-order valence-corrected chi connectivity index (χ0v) is 19.1. The molecular weight excluding hydrogens is 426 g/mol. The number of esters is 1. The average Bonchev–Trinajstić information content (AvgIpc) is 2.83. The third-order valence-electron chi connectivity index (χ3n) is 5.60. The molecule has 0 aliphatic heterocycles. The molecule has 0 heterocycles. The molecule has 0 aliphatic rings. The number of amides is 1. The normalized spacial score (nSPS) is 12.0. The van der Waals surface area contributed by atoms with E-state index < -0.39 is 17.4 Å². The number of hydrogen-bond acceptors (Lipinski definition) is 4. The molecular formula is C26H26ClNO4. The summed E-state index contributed by atoms with van der Waals surface area (Å²) in [6, 6.07) is 23.3. The van der Waals surface area contributed by atoms with Crippen LogP contribution in [0.2, 0.25) is 5.02 Å². The molecule has 3 aromatic rings. The van der Waals surface area contributed by atoms with Crippen LogP contribution in [-0.4, -0.2) is 32.1 Å². The monoisotopic (exact) mass is 451 g/mol. The molecule has 0 aromatic heterocycles. The first-order valence-electron chi connectivity index (χ1n) is 10.2. The number of rotatable bonds is 8. The van der Waals surface area contributed by atoms with Crippen LogP contribution in [0.4, 0.5) is 0 Å². The van der Waals surface area contributed by atoms with Gasteiger partial charge in [-0.05, 0) is 35.7 Å². The van der Waals surface area contributed by atoms with Gasteiger partial charge in [0.25, 0.3) is 0 Å². The zero-order chi connectivity index (χ0) is 23.1. The second-order valence-corrected chi connectivity index (χ2v) is 7.99. The maximum atomic E-state index is 13.7. The molecule has 1 amide bonds. The quantitative estimate of drug-likeness (QED) is 0.510. The molecule has 3 aromatic carbocycles. The first-order chi connectivity index (χ1) is 15.4. The minimum atomic E-state index is -1.01. The van der Waals surface area contributed by atoms with Gasteiger partial charge >= 0.3 is 5.97 Å². The fraction of sp³-hybridized carbons (Fsp3) is 0.231. The second-order valence-electron chi connectivity index (χ2n) is 7.58. The molecule has 1 N–H and O–H groups in total. The summed E-state index contributed by atoms with van der Waals surface area (Å²) in [7, 11) is 2.84. The Hall–Kier alpha value is -3.31. The van der Waals surface area contributed by atoms with Crippen LogP contribution in [0.1, 0.15) is 23.6 Å². The highest BCUT2D eigenvalue weighted by Crippen LogP contribution is 2.32. The van der Waals surface area contributed by atoms with Crippen molar-refractivity contribution in [2.75, 3.05) is 14.2 Å². The van der Waals surface area contributed by atoms with Gasteiger partial charge in [-0.15, -0.1) is 0 Å². The summed E-state index contributed by atoms with van der Waals surface area (Å²) < 4.78 is 10.2. The average molecular weight is 452 g/mol. The summed E-state index contributed by atoms with van der Waals surface area (Å²) in [5.74, 6) is -0.298. The van der Waals surface area contributed by atoms with Crippen molar-refractivity contribution in [2.24, 2.45) is 0 Å². The van der Waals surface area contributed by atoms with Gasteiger partial charge in [0, 0.05) is 6.42 Å². The maximum absolute atomic E-state index is 13.7. The van der Waals surface area contributed by atoms with Crippen LogP contribution in [0.15, 0.2) is 78.9 Å². The van der Waals surface area contributed by atoms with Gasteiger partial charge in [0.15, 0.2) is 0 Å². The van der Waals surface area contributed by atoms with Gasteiger partial charge in [0.1, 0.15) is 11.8 Å². The summed E-state index contributed by atoms with van der Waals surface area (Å²) in [6.07, 6.45) is 0.224. The predicted octanol–water partition coefficient (Wildman–Crippen LogP) is 4.56. The molecule has 32 heavy (non-hydrogen) atoms. The molecule has 1 atom stereocenters. The van der Waals surface area contributed by atoms with E-state index in [4.69, 9.17) is 21.1 Å². The van der Waals surface area contributed by atoms with Gasteiger partial charge < -0.3 is 14.8 Å². The van der Waals surface area contributed by atoms with Gasteiger partial charge in [-0.3, -0.25) is 4.79 Å². The smallest absolute Gasteiger partial charge is 0.328 e. The highest BCUT2D eigenvalue weighted by atomic mass is 35.5. The van der Waals surface area contributed by atoms with E-state index in [1.54, 1.807) is 18.2 Å². The lowest BCUT2D eigenvalue weighted by Gasteiger charge is -2.31. The molecule has 0 radical (unpaired) electrons. The molecule has 0 bridgehead atoms. The number of benzene rings is 3. The largest absolute Gasteiger partial charge is 0.495 e. The minimum absolute atomic E-state index is 0.224. The lowest BCUT2D eigenvalue weighted by molar-refractivity contribution is -0.145. The van der Waals surface area contributed by atoms with Crippen LogP contribution < -0.4 is 10.1 Å². The number of methoxy groups -OCH3 is 2. The third kappa shape index (κ3) is 4.94. The number of ether oxygens (including phenoxy) is 2. The minimum Gasteiger partial charge on any atom is -0.495 e. The molecule has 0 unspecified atom stereocenters. The summed E-state index contributed by atoms with van der Waals surface area (Å²) >= 11 is 6.24. The first kappa shape index (κ1) is 23.4. The van der Waals surface area contributed by atoms with Crippen molar-refractivity contribution in [2.45, 2.75) is 24.8 Å². The molecule has 0 fully saturated rings. The van der Waals surface area contributed by atoms with E-state index in [2.05, 4.69) is 5.32 Å². The van der Waals surface area contributed by atoms with Crippen LogP contribution in [0.25, 0.3) is 0 Å². The lowest BCUT2D eigenvalue weighted by Crippen LogP contribution is -2.51. The van der Waals surface area contributed by atoms with Crippen LogP contribution in [-0.2, 0) is 26.2 Å². The maximum Gasteiger partial charge on any atom is 0.328 e. The Bertz CT molecular complexity index is 1030. The summed E-state index contributed by atoms with van der Waals surface area (Å²) in [6.45, 7) is 1.85. The molecule has 5 nitrogen and oxygen atoms in total. The lowest BCUT2D eigenvalue weighted by atomic mass is 9.75. The molecule has 0 aliphatic carbocycles. The van der Waals surface area contributed by atoms with E-state index >= 15 is 0 Å². The number of nitrogens with one attached hydrogen (secondary N) is 1. The third-order valence-corrected chi connectivity index (χ3v) is 5.90. The summed E-state index contributed by atoms with van der Waals surface area (Å²) in [5.41, 5.74) is 1.40. The number of carbonyl (C=O) groups is 2. The molecule has 3 rings (SSSR count). The van der Waals surface area contributed by atoms with E-state index in [9.17, 15) is 9.59 Å². The van der Waals surface area contributed by atoms with E-state index in [0.717, 1.165) is 16.7 Å². The summed E-state index contributed by atoms with van der Waals surface area (Å²) in [5, 5.41) is 3.34. The first-order valence-corrected chi connectivity index (χ1v) is 10.6. The van der Waals surface area contributed by atoms with E-state index in [-0.39, 0.29) is 12.3 Å². The molecule has 0 spiro atoms. The van der Waals surface area contributed by atoms with E-state index in [1.165, 1.54) is 14.2 Å². The van der Waals surface area contributed by atoms with Gasteiger partial charge in [-0.25, -0.2) is 4.79 Å². The van der Waals surface area contributed by atoms with Gasteiger partial charge in [-0.1, -0.05) is 78.3 Å². The van der Waals surface area contributed by atoms with Gasteiger partial charge in [-0.2, -0.15) is 0 Å². The zero-order valence-electron chi connectivity index (χ0n) is 18.3. The molecule has 0 saturated carbocycles. The Morgan fingerprint density at radius 3 is 1.97 bits per heavy atom. The number of halogens is 1. The van der Waals surface area contributed by atoms with Crippen molar-refractivity contribution in [3.05, 3.63) is 101 Å². The van der Waals surface area contributed by atoms with E-state index in [1.807, 2.05) is 67.6 Å². The molecule has 6 heteroatoms. The van der Waals surface area contributed by atoms with E-state index in [0.29, 0.717) is 10.8 Å². The molecule has 0 saturated heterocycles. The van der Waals surface area contributed by atoms with Crippen LogP contribution in [0.3, 0.4) is 0 Å². The van der Waals surface area contributed by atoms with Crippen molar-refractivity contribution >= 4 is 23.5 Å². The predicted molar refractivity (Wildman–Crippen MR) is 125 cm³/mol.